The molecule has 1 amide bonds. The van der Waals surface area contributed by atoms with Gasteiger partial charge in [-0.05, 0) is 53.8 Å². The number of rotatable bonds is 3. The van der Waals surface area contributed by atoms with E-state index in [9.17, 15) is 4.79 Å². The molecule has 0 spiro atoms. The van der Waals surface area contributed by atoms with Crippen LogP contribution in [-0.4, -0.2) is 17.4 Å². The Morgan fingerprint density at radius 1 is 0.923 bits per heavy atom. The SMILES string of the molecule is O=C(c1ccc(Cl)cc1)N1CCc2ccccc2C1Cc1ccccc1. The lowest BCUT2D eigenvalue weighted by molar-refractivity contribution is 0.0660. The molecular formula is C23H20ClNO. The topological polar surface area (TPSA) is 20.3 Å². The fourth-order valence-electron chi connectivity index (χ4n) is 3.71. The molecule has 0 aromatic heterocycles. The standard InChI is InChI=1S/C23H20ClNO/c24-20-12-10-19(11-13-20)23(26)25-15-14-18-8-4-5-9-21(18)22(25)16-17-6-2-1-3-7-17/h1-13,22H,14-16H2. The number of nitrogens with zero attached hydrogens (tertiary/aromatic N) is 1. The molecule has 4 rings (SSSR count). The minimum absolute atomic E-state index is 0.0468. The first-order valence-electron chi connectivity index (χ1n) is 8.90. The van der Waals surface area contributed by atoms with Gasteiger partial charge in [-0.2, -0.15) is 0 Å². The van der Waals surface area contributed by atoms with Crippen LogP contribution in [0.25, 0.3) is 0 Å². The second-order valence-corrected chi connectivity index (χ2v) is 7.10. The molecule has 0 bridgehead atoms. The number of carbonyl (C=O) groups is 1. The molecule has 2 nitrogen and oxygen atoms in total. The van der Waals surface area contributed by atoms with Gasteiger partial charge in [-0.15, -0.1) is 0 Å². The van der Waals surface area contributed by atoms with Crippen molar-refractivity contribution in [1.29, 1.82) is 0 Å². The molecule has 1 aliphatic heterocycles. The molecule has 130 valence electrons. The summed E-state index contributed by atoms with van der Waals surface area (Å²) in [7, 11) is 0. The fourth-order valence-corrected chi connectivity index (χ4v) is 3.84. The van der Waals surface area contributed by atoms with Crippen LogP contribution >= 0.6 is 11.6 Å². The third-order valence-corrected chi connectivity index (χ3v) is 5.29. The summed E-state index contributed by atoms with van der Waals surface area (Å²) in [5.41, 5.74) is 4.52. The first-order valence-corrected chi connectivity index (χ1v) is 9.28. The van der Waals surface area contributed by atoms with Crippen LogP contribution in [0.4, 0.5) is 0 Å². The molecule has 3 heteroatoms. The van der Waals surface area contributed by atoms with Crippen LogP contribution in [0, 0.1) is 0 Å². The van der Waals surface area contributed by atoms with Crippen LogP contribution < -0.4 is 0 Å². The van der Waals surface area contributed by atoms with Crippen molar-refractivity contribution in [2.75, 3.05) is 6.54 Å². The Kier molecular flexibility index (Phi) is 4.77. The molecular weight excluding hydrogens is 342 g/mol. The van der Waals surface area contributed by atoms with Crippen molar-refractivity contribution in [3.05, 3.63) is 106 Å². The molecule has 3 aromatic carbocycles. The van der Waals surface area contributed by atoms with E-state index >= 15 is 0 Å². The Morgan fingerprint density at radius 3 is 2.38 bits per heavy atom. The smallest absolute Gasteiger partial charge is 0.254 e. The van der Waals surface area contributed by atoms with Gasteiger partial charge in [0.2, 0.25) is 0 Å². The molecule has 1 heterocycles. The number of carbonyl (C=O) groups excluding carboxylic acids is 1. The largest absolute Gasteiger partial charge is 0.331 e. The maximum Gasteiger partial charge on any atom is 0.254 e. The Labute approximate surface area is 159 Å². The highest BCUT2D eigenvalue weighted by Gasteiger charge is 2.31. The summed E-state index contributed by atoms with van der Waals surface area (Å²) in [4.78, 5) is 15.2. The van der Waals surface area contributed by atoms with E-state index < -0.39 is 0 Å². The summed E-state index contributed by atoms with van der Waals surface area (Å²) in [6, 6.07) is 26.1. The first-order chi connectivity index (χ1) is 12.7. The van der Waals surface area contributed by atoms with E-state index in [2.05, 4.69) is 48.5 Å². The lowest BCUT2D eigenvalue weighted by Gasteiger charge is -2.37. The second-order valence-electron chi connectivity index (χ2n) is 6.66. The molecule has 0 fully saturated rings. The van der Waals surface area contributed by atoms with E-state index in [0.29, 0.717) is 10.6 Å². The van der Waals surface area contributed by atoms with Gasteiger partial charge in [0.25, 0.3) is 5.91 Å². The summed E-state index contributed by atoms with van der Waals surface area (Å²) in [6.45, 7) is 0.732. The van der Waals surface area contributed by atoms with Gasteiger partial charge in [0, 0.05) is 17.1 Å². The van der Waals surface area contributed by atoms with E-state index in [1.807, 2.05) is 23.1 Å². The second kappa shape index (κ2) is 7.35. The monoisotopic (exact) mass is 361 g/mol. The first kappa shape index (κ1) is 16.9. The molecule has 3 aromatic rings. The molecule has 0 aliphatic carbocycles. The van der Waals surface area contributed by atoms with Crippen LogP contribution in [0.5, 0.6) is 0 Å². The average Bonchev–Trinajstić information content (AvgIpc) is 2.69. The summed E-state index contributed by atoms with van der Waals surface area (Å²) >= 11 is 5.98. The van der Waals surface area contributed by atoms with Crippen LogP contribution in [0.1, 0.15) is 33.1 Å². The van der Waals surface area contributed by atoms with Crippen LogP contribution in [0.2, 0.25) is 5.02 Å². The normalized spacial score (nSPS) is 16.2. The van der Waals surface area contributed by atoms with Gasteiger partial charge in [0.1, 0.15) is 0 Å². The quantitative estimate of drug-likeness (QED) is 0.618. The van der Waals surface area contributed by atoms with E-state index in [1.54, 1.807) is 12.1 Å². The molecule has 0 saturated carbocycles. The number of amides is 1. The fraction of sp³-hybridized carbons (Fsp3) is 0.174. The van der Waals surface area contributed by atoms with Crippen molar-refractivity contribution in [2.24, 2.45) is 0 Å². The lowest BCUT2D eigenvalue weighted by Crippen LogP contribution is -2.41. The summed E-state index contributed by atoms with van der Waals surface area (Å²) in [5.74, 6) is 0.0668. The Bertz CT molecular complexity index is 905. The Morgan fingerprint density at radius 2 is 1.62 bits per heavy atom. The van der Waals surface area contributed by atoms with Crippen molar-refractivity contribution >= 4 is 17.5 Å². The highest BCUT2D eigenvalue weighted by atomic mass is 35.5. The van der Waals surface area contributed by atoms with E-state index in [4.69, 9.17) is 11.6 Å². The molecule has 26 heavy (non-hydrogen) atoms. The minimum Gasteiger partial charge on any atom is -0.331 e. The van der Waals surface area contributed by atoms with Gasteiger partial charge in [-0.1, -0.05) is 66.2 Å². The van der Waals surface area contributed by atoms with E-state index in [1.165, 1.54) is 16.7 Å². The van der Waals surface area contributed by atoms with Crippen molar-refractivity contribution in [2.45, 2.75) is 18.9 Å². The summed E-state index contributed by atoms with van der Waals surface area (Å²) < 4.78 is 0. The number of halogens is 1. The van der Waals surface area contributed by atoms with E-state index in [0.717, 1.165) is 19.4 Å². The van der Waals surface area contributed by atoms with Gasteiger partial charge in [-0.25, -0.2) is 0 Å². The molecule has 0 N–H and O–H groups in total. The summed E-state index contributed by atoms with van der Waals surface area (Å²) in [5, 5.41) is 0.645. The lowest BCUT2D eigenvalue weighted by atomic mass is 9.88. The van der Waals surface area contributed by atoms with Crippen molar-refractivity contribution in [3.63, 3.8) is 0 Å². The highest BCUT2D eigenvalue weighted by molar-refractivity contribution is 6.30. The Hall–Kier alpha value is -2.58. The molecule has 1 atom stereocenters. The number of hydrogen-bond acceptors (Lipinski definition) is 1. The average molecular weight is 362 g/mol. The van der Waals surface area contributed by atoms with Gasteiger partial charge in [0.05, 0.1) is 6.04 Å². The van der Waals surface area contributed by atoms with E-state index in [-0.39, 0.29) is 11.9 Å². The number of hydrogen-bond donors (Lipinski definition) is 0. The predicted molar refractivity (Wildman–Crippen MR) is 106 cm³/mol. The van der Waals surface area contributed by atoms with Gasteiger partial charge in [0.15, 0.2) is 0 Å². The van der Waals surface area contributed by atoms with Gasteiger partial charge >= 0.3 is 0 Å². The minimum atomic E-state index is 0.0468. The van der Waals surface area contributed by atoms with Crippen molar-refractivity contribution < 1.29 is 4.79 Å². The third-order valence-electron chi connectivity index (χ3n) is 5.04. The maximum absolute atomic E-state index is 13.2. The Balaban J connectivity index is 1.70. The summed E-state index contributed by atoms with van der Waals surface area (Å²) in [6.07, 6.45) is 1.71. The number of fused-ring (bicyclic) bond motifs is 1. The molecule has 0 radical (unpaired) electrons. The zero-order chi connectivity index (χ0) is 17.9. The zero-order valence-electron chi connectivity index (χ0n) is 14.4. The van der Waals surface area contributed by atoms with Crippen LogP contribution in [0.15, 0.2) is 78.9 Å². The van der Waals surface area contributed by atoms with Crippen LogP contribution in [-0.2, 0) is 12.8 Å². The van der Waals surface area contributed by atoms with Crippen LogP contribution in [0.3, 0.4) is 0 Å². The molecule has 1 unspecified atom stereocenters. The van der Waals surface area contributed by atoms with Gasteiger partial charge < -0.3 is 4.90 Å². The van der Waals surface area contributed by atoms with Crippen molar-refractivity contribution in [3.8, 4) is 0 Å². The van der Waals surface area contributed by atoms with Crippen molar-refractivity contribution in [1.82, 2.24) is 4.90 Å². The maximum atomic E-state index is 13.2. The van der Waals surface area contributed by atoms with Gasteiger partial charge in [-0.3, -0.25) is 4.79 Å². The number of benzene rings is 3. The zero-order valence-corrected chi connectivity index (χ0v) is 15.2. The molecule has 0 saturated heterocycles. The molecule has 1 aliphatic rings. The third kappa shape index (κ3) is 3.38. The highest BCUT2D eigenvalue weighted by Crippen LogP contribution is 2.33. The predicted octanol–water partition coefficient (Wildman–Crippen LogP) is 5.32.